The van der Waals surface area contributed by atoms with E-state index in [1.54, 1.807) is 0 Å². The number of methoxy groups -OCH3 is 2. The topological polar surface area (TPSA) is 137 Å². The average Bonchev–Trinajstić information content (AvgIpc) is 2.92. The van der Waals surface area contributed by atoms with Crippen molar-refractivity contribution in [3.8, 4) is 0 Å². The van der Waals surface area contributed by atoms with Crippen molar-refractivity contribution >= 4 is 69.9 Å². The molecule has 0 aliphatic carbocycles. The fraction of sp³-hybridized carbons (Fsp3) is 0.833. The minimum Gasteiger partial charge on any atom is -0.469 e. The van der Waals surface area contributed by atoms with E-state index >= 15 is 0 Å². The van der Waals surface area contributed by atoms with Crippen molar-refractivity contribution in [1.82, 2.24) is 19.6 Å². The zero-order valence-electron chi connectivity index (χ0n) is 24.1. The van der Waals surface area contributed by atoms with Gasteiger partial charge in [0.2, 0.25) is 0 Å². The molecule has 0 aliphatic rings. The Morgan fingerprint density at radius 2 is 0.925 bits per heavy atom. The first kappa shape index (κ1) is 39.1. The number of hydrogen-bond acceptors (Lipinski definition) is 14. The molecule has 0 radical (unpaired) electrons. The third-order valence-electron chi connectivity index (χ3n) is 6.23. The minimum absolute atomic E-state index is 0.119. The van der Waals surface area contributed by atoms with E-state index < -0.39 is 11.9 Å². The van der Waals surface area contributed by atoms with Gasteiger partial charge in [0.05, 0.1) is 39.9 Å². The second kappa shape index (κ2) is 24.7. The number of rotatable bonds is 24. The van der Waals surface area contributed by atoms with Crippen molar-refractivity contribution in [2.75, 3.05) is 86.7 Å². The summed E-state index contributed by atoms with van der Waals surface area (Å²) in [5.74, 6) is -1.56. The molecule has 0 rings (SSSR count). The first-order valence-electron chi connectivity index (χ1n) is 13.0. The van der Waals surface area contributed by atoms with Gasteiger partial charge in [-0.25, -0.2) is 9.59 Å². The minimum atomic E-state index is -0.495. The van der Waals surface area contributed by atoms with Gasteiger partial charge in [-0.1, -0.05) is 0 Å². The van der Waals surface area contributed by atoms with Crippen LogP contribution in [0.3, 0.4) is 0 Å². The van der Waals surface area contributed by atoms with Gasteiger partial charge in [0, 0.05) is 71.5 Å². The van der Waals surface area contributed by atoms with Crippen molar-refractivity contribution in [1.29, 1.82) is 0 Å². The Bertz CT molecular complexity index is 694. The number of carbonyl (C=O) groups is 4. The smallest absolute Gasteiger partial charge is 0.344 e. The molecular weight excluding hydrogens is 758 g/mol. The number of carbonyl (C=O) groups excluding carboxylic acids is 4. The molecule has 0 saturated heterocycles. The zero-order chi connectivity index (χ0) is 30.3. The Morgan fingerprint density at radius 3 is 1.30 bits per heavy atom. The van der Waals surface area contributed by atoms with Crippen LogP contribution in [0.1, 0.15) is 39.5 Å². The monoisotopic (exact) mass is 802 g/mol. The second-order valence-electron chi connectivity index (χ2n) is 9.31. The Labute approximate surface area is 265 Å². The maximum atomic E-state index is 11.7. The first-order chi connectivity index (χ1) is 19.1. The first-order valence-corrected chi connectivity index (χ1v) is 14.8. The molecule has 0 spiro atoms. The van der Waals surface area contributed by atoms with Gasteiger partial charge < -0.3 is 24.2 Å². The maximum Gasteiger partial charge on any atom is 0.344 e. The molecule has 40 heavy (non-hydrogen) atoms. The molecule has 234 valence electrons. The van der Waals surface area contributed by atoms with Gasteiger partial charge in [0.15, 0.2) is 46.0 Å². The van der Waals surface area contributed by atoms with Gasteiger partial charge in [0.25, 0.3) is 0 Å². The molecule has 0 N–H and O–H groups in total. The van der Waals surface area contributed by atoms with Crippen LogP contribution in [0.5, 0.6) is 0 Å². The van der Waals surface area contributed by atoms with Crippen molar-refractivity contribution < 1.29 is 44.9 Å². The lowest BCUT2D eigenvalue weighted by molar-refractivity contribution is -0.196. The highest BCUT2D eigenvalue weighted by atomic mass is 127. The molecule has 0 heterocycles. The quantitative estimate of drug-likeness (QED) is 0.0608. The average molecular weight is 802 g/mol. The molecule has 0 unspecified atom stereocenters. The van der Waals surface area contributed by atoms with Crippen molar-refractivity contribution in [3.63, 3.8) is 0 Å². The summed E-state index contributed by atoms with van der Waals surface area (Å²) in [6.45, 7) is 10.5. The van der Waals surface area contributed by atoms with Gasteiger partial charge >= 0.3 is 23.9 Å². The molecule has 0 aromatic carbocycles. The highest BCUT2D eigenvalue weighted by molar-refractivity contribution is 14.1. The number of hydrogen-bond donors (Lipinski definition) is 0. The highest BCUT2D eigenvalue weighted by Gasteiger charge is 2.17. The van der Waals surface area contributed by atoms with E-state index in [2.05, 4.69) is 44.8 Å². The number of ether oxygens (including phenoxy) is 2. The van der Waals surface area contributed by atoms with Crippen LogP contribution in [0.25, 0.3) is 0 Å². The number of esters is 2. The lowest BCUT2D eigenvalue weighted by Gasteiger charge is -2.32. The summed E-state index contributed by atoms with van der Waals surface area (Å²) in [4.78, 5) is 64.3. The summed E-state index contributed by atoms with van der Waals surface area (Å²) >= 11 is 2.96. The largest absolute Gasteiger partial charge is 0.469 e. The zero-order valence-corrected chi connectivity index (χ0v) is 28.4. The fourth-order valence-corrected chi connectivity index (χ4v) is 4.05. The summed E-state index contributed by atoms with van der Waals surface area (Å²) in [6, 6.07) is 0.297. The standard InChI is InChI=1S/C24H44I2N4O10/c1-20(2)30(19-17-29(10-6-21(31)35-4)11-7-22(32)36-5)18-15-27(3)14-16-28(12-8-23(33)37-39-25)13-9-24(34)38-40-26/h20H,6-19H2,1-5H3. The third-order valence-corrected chi connectivity index (χ3v) is 6.59. The van der Waals surface area contributed by atoms with E-state index in [1.807, 2.05) is 11.9 Å². The van der Waals surface area contributed by atoms with E-state index in [0.29, 0.717) is 51.9 Å². The fourth-order valence-electron chi connectivity index (χ4n) is 3.65. The Hall–Kier alpha value is -0.900. The summed E-state index contributed by atoms with van der Waals surface area (Å²) in [5.41, 5.74) is 0. The van der Waals surface area contributed by atoms with Crippen molar-refractivity contribution in [2.24, 2.45) is 0 Å². The van der Waals surface area contributed by atoms with Crippen LogP contribution in [0.2, 0.25) is 0 Å². The van der Waals surface area contributed by atoms with Crippen LogP contribution < -0.4 is 0 Å². The summed E-state index contributed by atoms with van der Waals surface area (Å²) in [5, 5.41) is 0. The van der Waals surface area contributed by atoms with E-state index in [-0.39, 0.29) is 37.6 Å². The van der Waals surface area contributed by atoms with Crippen molar-refractivity contribution in [2.45, 2.75) is 45.6 Å². The van der Waals surface area contributed by atoms with Crippen LogP contribution >= 0.6 is 46.0 Å². The van der Waals surface area contributed by atoms with Crippen LogP contribution in [0, 0.1) is 0 Å². The number of likely N-dealkylation sites (N-methyl/N-ethyl adjacent to an activating group) is 1. The summed E-state index contributed by atoms with van der Waals surface area (Å²) in [6.07, 6.45) is 0.747. The van der Waals surface area contributed by atoms with Crippen LogP contribution in [0.15, 0.2) is 0 Å². The maximum absolute atomic E-state index is 11.7. The molecule has 16 heteroatoms. The molecule has 0 atom stereocenters. The van der Waals surface area contributed by atoms with Gasteiger partial charge in [-0.3, -0.25) is 24.3 Å². The molecule has 0 amide bonds. The predicted octanol–water partition coefficient (Wildman–Crippen LogP) is 1.79. The molecular formula is C24H44I2N4O10. The Balaban J connectivity index is 4.86. The SMILES string of the molecule is COC(=O)CCN(CCC(=O)OC)CCN(CCN(C)CCN(CCC(=O)OOI)CCC(=O)OOI)C(C)C. The van der Waals surface area contributed by atoms with Gasteiger partial charge in [-0.15, -0.1) is 6.43 Å². The molecule has 14 nitrogen and oxygen atoms in total. The molecule has 0 aromatic rings. The van der Waals surface area contributed by atoms with Gasteiger partial charge in [0.1, 0.15) is 0 Å². The number of halogens is 2. The lowest BCUT2D eigenvalue weighted by atomic mass is 10.2. The number of nitrogens with zero attached hydrogens (tertiary/aromatic N) is 4. The molecule has 0 aliphatic heterocycles. The van der Waals surface area contributed by atoms with E-state index in [4.69, 9.17) is 9.47 Å². The molecule has 0 fully saturated rings. The van der Waals surface area contributed by atoms with Gasteiger partial charge in [-0.05, 0) is 20.9 Å². The van der Waals surface area contributed by atoms with Crippen LogP contribution in [-0.4, -0.2) is 136 Å². The Morgan fingerprint density at radius 1 is 0.575 bits per heavy atom. The summed E-state index contributed by atoms with van der Waals surface area (Å²) in [7, 11) is 4.75. The lowest BCUT2D eigenvalue weighted by Crippen LogP contribution is -2.44. The second-order valence-corrected chi connectivity index (χ2v) is 10.0. The van der Waals surface area contributed by atoms with E-state index in [0.717, 1.165) is 19.6 Å². The molecule has 0 aromatic heterocycles. The van der Waals surface area contributed by atoms with E-state index in [9.17, 15) is 19.2 Å². The van der Waals surface area contributed by atoms with E-state index in [1.165, 1.54) is 60.2 Å². The highest BCUT2D eigenvalue weighted by Crippen LogP contribution is 2.05. The third kappa shape index (κ3) is 20.9. The molecule has 0 saturated carbocycles. The molecule has 0 bridgehead atoms. The predicted molar refractivity (Wildman–Crippen MR) is 162 cm³/mol. The van der Waals surface area contributed by atoms with Gasteiger partial charge in [-0.2, -0.15) is 0 Å². The summed E-state index contributed by atoms with van der Waals surface area (Å²) < 4.78 is 18.3. The normalized spacial score (nSPS) is 11.5. The Kier molecular flexibility index (Phi) is 24.1. The van der Waals surface area contributed by atoms with Crippen LogP contribution in [-0.2, 0) is 44.9 Å². The van der Waals surface area contributed by atoms with Crippen LogP contribution in [0.4, 0.5) is 0 Å². The van der Waals surface area contributed by atoms with Crippen molar-refractivity contribution in [3.05, 3.63) is 0 Å².